The molecule has 0 unspecified atom stereocenters. The fourth-order valence-corrected chi connectivity index (χ4v) is 3.08. The third-order valence-electron chi connectivity index (χ3n) is 3.22. The van der Waals surface area contributed by atoms with E-state index in [2.05, 4.69) is 17.4 Å². The van der Waals surface area contributed by atoms with Crippen molar-refractivity contribution in [2.24, 2.45) is 0 Å². The molecule has 0 spiro atoms. The summed E-state index contributed by atoms with van der Waals surface area (Å²) in [6.45, 7) is 0.684. The maximum absolute atomic E-state index is 12.3. The molecular formula is C16H20N2O2S. The number of para-hydroxylation sites is 1. The second kappa shape index (κ2) is 6.74. The number of nitrogens with zero attached hydrogens (tertiary/aromatic N) is 1. The summed E-state index contributed by atoms with van der Waals surface area (Å²) in [4.78, 5) is 0.308. The van der Waals surface area contributed by atoms with Gasteiger partial charge >= 0.3 is 0 Å². The molecule has 0 aliphatic heterocycles. The second-order valence-electron chi connectivity index (χ2n) is 4.95. The Kier molecular flexibility index (Phi) is 4.98. The molecule has 0 fully saturated rings. The number of hydrogen-bond acceptors (Lipinski definition) is 3. The molecule has 112 valence electrons. The topological polar surface area (TPSA) is 49.4 Å². The Morgan fingerprint density at radius 3 is 2.24 bits per heavy atom. The van der Waals surface area contributed by atoms with Crippen molar-refractivity contribution in [2.45, 2.75) is 11.3 Å². The summed E-state index contributed by atoms with van der Waals surface area (Å²) in [6.07, 6.45) is 0.844. The number of nitrogens with one attached hydrogen (secondary N) is 1. The minimum Gasteiger partial charge on any atom is -0.384 e. The van der Waals surface area contributed by atoms with Crippen molar-refractivity contribution in [1.29, 1.82) is 0 Å². The van der Waals surface area contributed by atoms with Gasteiger partial charge in [-0.1, -0.05) is 42.5 Å². The van der Waals surface area contributed by atoms with E-state index in [0.717, 1.165) is 6.42 Å². The molecule has 0 atom stereocenters. The molecule has 0 bridgehead atoms. The average molecular weight is 304 g/mol. The molecule has 0 radical (unpaired) electrons. The lowest BCUT2D eigenvalue weighted by molar-refractivity contribution is 0.521. The first-order valence-corrected chi connectivity index (χ1v) is 8.25. The third kappa shape index (κ3) is 3.83. The van der Waals surface area contributed by atoms with Crippen LogP contribution in [0.5, 0.6) is 0 Å². The molecule has 2 aromatic rings. The summed E-state index contributed by atoms with van der Waals surface area (Å²) < 4.78 is 25.8. The van der Waals surface area contributed by atoms with Gasteiger partial charge in [0.15, 0.2) is 0 Å². The molecule has 2 rings (SSSR count). The highest BCUT2D eigenvalue weighted by atomic mass is 32.2. The van der Waals surface area contributed by atoms with Gasteiger partial charge < -0.3 is 5.32 Å². The molecule has 21 heavy (non-hydrogen) atoms. The van der Waals surface area contributed by atoms with Crippen molar-refractivity contribution in [2.75, 3.05) is 26.0 Å². The molecular weight excluding hydrogens is 284 g/mol. The fourth-order valence-electron chi connectivity index (χ4n) is 2.02. The summed E-state index contributed by atoms with van der Waals surface area (Å²) in [5.74, 6) is 0. The SMILES string of the molecule is CN(C)S(=O)(=O)c1ccccc1NCCc1ccccc1. The fraction of sp³-hybridized carbons (Fsp3) is 0.250. The minimum atomic E-state index is -3.43. The van der Waals surface area contributed by atoms with Crippen LogP contribution in [-0.4, -0.2) is 33.4 Å². The Labute approximate surface area is 126 Å². The summed E-state index contributed by atoms with van der Waals surface area (Å²) in [6, 6.07) is 17.1. The van der Waals surface area contributed by atoms with Crippen LogP contribution in [0.2, 0.25) is 0 Å². The lowest BCUT2D eigenvalue weighted by Crippen LogP contribution is -2.23. The first-order valence-electron chi connectivity index (χ1n) is 6.81. The predicted molar refractivity (Wildman–Crippen MR) is 86.0 cm³/mol. The Morgan fingerprint density at radius 1 is 0.952 bits per heavy atom. The monoisotopic (exact) mass is 304 g/mol. The van der Waals surface area contributed by atoms with Gasteiger partial charge in [-0.05, 0) is 24.1 Å². The van der Waals surface area contributed by atoms with E-state index in [-0.39, 0.29) is 0 Å². The maximum atomic E-state index is 12.3. The Morgan fingerprint density at radius 2 is 1.57 bits per heavy atom. The third-order valence-corrected chi connectivity index (χ3v) is 5.09. The van der Waals surface area contributed by atoms with E-state index in [1.807, 2.05) is 24.3 Å². The summed E-state index contributed by atoms with van der Waals surface area (Å²) in [5.41, 5.74) is 1.86. The van der Waals surface area contributed by atoms with Crippen molar-refractivity contribution < 1.29 is 8.42 Å². The van der Waals surface area contributed by atoms with E-state index in [1.165, 1.54) is 24.0 Å². The van der Waals surface area contributed by atoms with Gasteiger partial charge in [0.25, 0.3) is 0 Å². The van der Waals surface area contributed by atoms with Gasteiger partial charge in [0.1, 0.15) is 4.90 Å². The zero-order valence-electron chi connectivity index (χ0n) is 12.3. The van der Waals surface area contributed by atoms with Crippen molar-refractivity contribution >= 4 is 15.7 Å². The van der Waals surface area contributed by atoms with Crippen molar-refractivity contribution in [1.82, 2.24) is 4.31 Å². The highest BCUT2D eigenvalue weighted by molar-refractivity contribution is 7.89. The molecule has 0 aliphatic rings. The number of rotatable bonds is 6. The van der Waals surface area contributed by atoms with Crippen molar-refractivity contribution in [3.05, 3.63) is 60.2 Å². The van der Waals surface area contributed by atoms with Gasteiger partial charge in [-0.3, -0.25) is 0 Å². The van der Waals surface area contributed by atoms with E-state index in [1.54, 1.807) is 18.2 Å². The molecule has 0 heterocycles. The Balaban J connectivity index is 2.11. The largest absolute Gasteiger partial charge is 0.384 e. The Hall–Kier alpha value is -1.85. The number of anilines is 1. The zero-order valence-corrected chi connectivity index (χ0v) is 13.1. The van der Waals surface area contributed by atoms with E-state index >= 15 is 0 Å². The number of sulfonamides is 1. The van der Waals surface area contributed by atoms with Crippen LogP contribution < -0.4 is 5.32 Å². The van der Waals surface area contributed by atoms with Crippen LogP contribution in [0.3, 0.4) is 0 Å². The Bertz CT molecular complexity index is 682. The smallest absolute Gasteiger partial charge is 0.244 e. The van der Waals surface area contributed by atoms with Crippen molar-refractivity contribution in [3.63, 3.8) is 0 Å². The summed E-state index contributed by atoms with van der Waals surface area (Å²) in [7, 11) is -0.356. The van der Waals surface area contributed by atoms with E-state index in [0.29, 0.717) is 17.1 Å². The first-order chi connectivity index (χ1) is 10.0. The number of benzene rings is 2. The van der Waals surface area contributed by atoms with E-state index < -0.39 is 10.0 Å². The van der Waals surface area contributed by atoms with Crippen LogP contribution in [0.15, 0.2) is 59.5 Å². The quantitative estimate of drug-likeness (QED) is 0.892. The molecule has 0 aromatic heterocycles. The van der Waals surface area contributed by atoms with Gasteiger partial charge in [0, 0.05) is 20.6 Å². The van der Waals surface area contributed by atoms with Crippen LogP contribution in [0, 0.1) is 0 Å². The molecule has 1 N–H and O–H groups in total. The molecule has 0 saturated heterocycles. The van der Waals surface area contributed by atoms with Crippen LogP contribution in [-0.2, 0) is 16.4 Å². The molecule has 2 aromatic carbocycles. The maximum Gasteiger partial charge on any atom is 0.244 e. The second-order valence-corrected chi connectivity index (χ2v) is 7.07. The normalized spacial score (nSPS) is 11.6. The van der Waals surface area contributed by atoms with Gasteiger partial charge in [-0.15, -0.1) is 0 Å². The minimum absolute atomic E-state index is 0.308. The highest BCUT2D eigenvalue weighted by Gasteiger charge is 2.20. The lowest BCUT2D eigenvalue weighted by atomic mass is 10.1. The molecule has 0 amide bonds. The average Bonchev–Trinajstić information content (AvgIpc) is 2.48. The van der Waals surface area contributed by atoms with E-state index in [4.69, 9.17) is 0 Å². The van der Waals surface area contributed by atoms with Gasteiger partial charge in [-0.25, -0.2) is 12.7 Å². The standard InChI is InChI=1S/C16H20N2O2S/c1-18(2)21(19,20)16-11-7-6-10-15(16)17-13-12-14-8-4-3-5-9-14/h3-11,17H,12-13H2,1-2H3. The van der Waals surface area contributed by atoms with Gasteiger partial charge in [-0.2, -0.15) is 0 Å². The molecule has 5 heteroatoms. The molecule has 0 saturated carbocycles. The summed E-state index contributed by atoms with van der Waals surface area (Å²) in [5, 5.41) is 3.22. The van der Waals surface area contributed by atoms with Gasteiger partial charge in [0.2, 0.25) is 10.0 Å². The van der Waals surface area contributed by atoms with Crippen molar-refractivity contribution in [3.8, 4) is 0 Å². The summed E-state index contributed by atoms with van der Waals surface area (Å²) >= 11 is 0. The van der Waals surface area contributed by atoms with E-state index in [9.17, 15) is 8.42 Å². The van der Waals surface area contributed by atoms with Crippen LogP contribution in [0.25, 0.3) is 0 Å². The zero-order chi connectivity index (χ0) is 15.3. The molecule has 0 aliphatic carbocycles. The predicted octanol–water partition coefficient (Wildman–Crippen LogP) is 2.59. The van der Waals surface area contributed by atoms with Crippen LogP contribution in [0.4, 0.5) is 5.69 Å². The van der Waals surface area contributed by atoms with Gasteiger partial charge in [0.05, 0.1) is 5.69 Å². The van der Waals surface area contributed by atoms with Crippen LogP contribution >= 0.6 is 0 Å². The first kappa shape index (κ1) is 15.5. The molecule has 4 nitrogen and oxygen atoms in total. The highest BCUT2D eigenvalue weighted by Crippen LogP contribution is 2.23. The number of hydrogen-bond donors (Lipinski definition) is 1. The lowest BCUT2D eigenvalue weighted by Gasteiger charge is -2.16. The van der Waals surface area contributed by atoms with Crippen LogP contribution in [0.1, 0.15) is 5.56 Å².